The Morgan fingerprint density at radius 1 is 0.578 bits per heavy atom. The van der Waals surface area contributed by atoms with E-state index < -0.39 is 12.0 Å². The van der Waals surface area contributed by atoms with Gasteiger partial charge < -0.3 is 25.2 Å². The summed E-state index contributed by atoms with van der Waals surface area (Å²) in [4.78, 5) is 45.3. The summed E-state index contributed by atoms with van der Waals surface area (Å²) in [5.41, 5.74) is 0.955. The lowest BCUT2D eigenvalue weighted by Crippen LogP contribution is -2.39. The van der Waals surface area contributed by atoms with E-state index in [1.807, 2.05) is 30.3 Å². The maximum absolute atomic E-state index is 11.8. The Hall–Kier alpha value is -3.33. The molecule has 1 atom stereocenters. The highest BCUT2D eigenvalue weighted by Crippen LogP contribution is 2.12. The van der Waals surface area contributed by atoms with Crippen molar-refractivity contribution in [2.24, 2.45) is 0 Å². The third-order valence-corrected chi connectivity index (χ3v) is 8.98. The first-order valence-electron chi connectivity index (χ1n) is 22.3. The number of hydrogen-bond acceptors (Lipinski definition) is 20. The van der Waals surface area contributed by atoms with Crippen LogP contribution >= 0.6 is 0 Å². The van der Waals surface area contributed by atoms with Crippen LogP contribution in [0.1, 0.15) is 168 Å². The fraction of sp³-hybridized carbons (Fsp3) is 0.762. The standard InChI is InChI=1S/C24H39NO4.C18H35NO3.FHO12/c1-2-3-4-5-6-7-8-9-10-14-19-29-23(26)17-18-25-22(24(27)28)20-21-15-12-11-13-16-21;1-3-4-5-6-7-8-9-10-11-12-15-22-18(21)13-14-19-16-17(2)20;1-3-5-7-9-11-13-12-10-8-6-4-2/h11-13,15-16,22,25H,2-10,14,17-20H2,1H3,(H,27,28);19H,3-16H2,1-2H3;2H. The molecular weight excluding hydrogens is 855 g/mol. The van der Waals surface area contributed by atoms with Gasteiger partial charge in [0.2, 0.25) is 0 Å². The van der Waals surface area contributed by atoms with Crippen LogP contribution < -0.4 is 10.6 Å². The van der Waals surface area contributed by atoms with E-state index in [2.05, 4.69) is 80.0 Å². The Morgan fingerprint density at radius 2 is 0.984 bits per heavy atom. The van der Waals surface area contributed by atoms with Crippen molar-refractivity contribution in [2.75, 3.05) is 32.8 Å². The van der Waals surface area contributed by atoms with Gasteiger partial charge in [-0.25, -0.2) is 5.26 Å². The van der Waals surface area contributed by atoms with Crippen LogP contribution in [0.25, 0.3) is 0 Å². The van der Waals surface area contributed by atoms with Crippen LogP contribution in [0.2, 0.25) is 0 Å². The van der Waals surface area contributed by atoms with Gasteiger partial charge in [-0.3, -0.25) is 19.2 Å². The lowest BCUT2D eigenvalue weighted by atomic mass is 10.1. The molecule has 0 aliphatic carbocycles. The summed E-state index contributed by atoms with van der Waals surface area (Å²) < 4.78 is 21.0. The molecule has 1 unspecified atom stereocenters. The van der Waals surface area contributed by atoms with E-state index in [4.69, 9.17) is 14.7 Å². The van der Waals surface area contributed by atoms with Crippen LogP contribution in [-0.4, -0.2) is 72.9 Å². The lowest BCUT2D eigenvalue weighted by molar-refractivity contribution is -0.866. The number of ketones is 1. The number of aliphatic carboxylic acids is 1. The molecule has 1 rings (SSSR count). The zero-order chi connectivity index (χ0) is 47.4. The number of halogens is 1. The minimum absolute atomic E-state index is 0.0822. The number of esters is 2. The molecule has 4 N–H and O–H groups in total. The summed E-state index contributed by atoms with van der Waals surface area (Å²) in [6.07, 6.45) is 26.2. The highest BCUT2D eigenvalue weighted by atomic mass is 19.3. The number of carbonyl (C=O) groups is 4. The van der Waals surface area contributed by atoms with Crippen LogP contribution in [0.15, 0.2) is 30.3 Å². The van der Waals surface area contributed by atoms with Crippen molar-refractivity contribution in [3.8, 4) is 0 Å². The van der Waals surface area contributed by atoms with Crippen molar-refractivity contribution in [1.29, 1.82) is 0 Å². The van der Waals surface area contributed by atoms with E-state index in [-0.39, 0.29) is 24.1 Å². The smallest absolute Gasteiger partial charge is 0.321 e. The van der Waals surface area contributed by atoms with Gasteiger partial charge in [0.1, 0.15) is 11.8 Å². The topological polar surface area (TPSA) is 253 Å². The van der Waals surface area contributed by atoms with Gasteiger partial charge in [-0.05, 0) is 61.5 Å². The Bertz CT molecular complexity index is 1170. The monoisotopic (exact) mass is 930 g/mol. The first-order valence-corrected chi connectivity index (χ1v) is 22.3. The number of ether oxygens (including phenoxy) is 2. The van der Waals surface area contributed by atoms with Gasteiger partial charge in [0, 0.05) is 43.4 Å². The molecule has 0 heterocycles. The quantitative estimate of drug-likeness (QED) is 0.0206. The van der Waals surface area contributed by atoms with Crippen molar-refractivity contribution in [3.05, 3.63) is 35.9 Å². The summed E-state index contributed by atoms with van der Waals surface area (Å²) in [5.74, 6) is -1.27. The third-order valence-electron chi connectivity index (χ3n) is 8.98. The predicted molar refractivity (Wildman–Crippen MR) is 224 cm³/mol. The van der Waals surface area contributed by atoms with Crippen molar-refractivity contribution in [3.63, 3.8) is 0 Å². The van der Waals surface area contributed by atoms with Crippen LogP contribution in [0, 0.1) is 0 Å². The number of carboxylic acid groups (broad SMARTS) is 1. The molecule has 64 heavy (non-hydrogen) atoms. The number of unbranched alkanes of at least 4 members (excludes halogenated alkanes) is 18. The number of carboxylic acids is 1. The third kappa shape index (κ3) is 51.3. The maximum Gasteiger partial charge on any atom is 0.321 e. The number of rotatable bonds is 44. The fourth-order valence-corrected chi connectivity index (χ4v) is 5.70. The second-order valence-corrected chi connectivity index (χ2v) is 14.5. The molecule has 0 bridgehead atoms. The first-order chi connectivity index (χ1) is 31.2. The average Bonchev–Trinajstić information content (AvgIpc) is 3.28. The zero-order valence-corrected chi connectivity index (χ0v) is 38.0. The van der Waals surface area contributed by atoms with E-state index in [1.165, 1.54) is 110 Å². The highest BCUT2D eigenvalue weighted by Gasteiger charge is 2.17. The van der Waals surface area contributed by atoms with Gasteiger partial charge >= 0.3 is 17.9 Å². The van der Waals surface area contributed by atoms with Gasteiger partial charge in [-0.2, -0.15) is 0 Å². The summed E-state index contributed by atoms with van der Waals surface area (Å²) >= 11 is 0. The molecule has 22 heteroatoms. The van der Waals surface area contributed by atoms with Gasteiger partial charge in [-0.15, -0.1) is 0 Å². The number of benzene rings is 1. The summed E-state index contributed by atoms with van der Waals surface area (Å²) in [6.45, 7) is 8.14. The first kappa shape index (κ1) is 62.8. The van der Waals surface area contributed by atoms with Crippen LogP contribution in [0.4, 0.5) is 4.53 Å². The highest BCUT2D eigenvalue weighted by molar-refractivity contribution is 5.77. The molecule has 1 aromatic rings. The summed E-state index contributed by atoms with van der Waals surface area (Å²) in [5, 5.41) is 57.1. The number of Topliss-reactive ketones (excluding diaryl/α,β-unsaturated/α-hetero) is 1. The summed E-state index contributed by atoms with van der Waals surface area (Å²) in [6, 6.07) is 8.78. The second kappa shape index (κ2) is 52.3. The number of hydrogen-bond donors (Lipinski definition) is 4. The Labute approximate surface area is 376 Å². The van der Waals surface area contributed by atoms with E-state index in [9.17, 15) is 28.8 Å². The fourth-order valence-electron chi connectivity index (χ4n) is 5.70. The Kier molecular flexibility index (Phi) is 51.3. The average molecular weight is 931 g/mol. The van der Waals surface area contributed by atoms with Crippen LogP contribution in [0.3, 0.4) is 0 Å². The Morgan fingerprint density at radius 3 is 1.39 bits per heavy atom. The molecule has 0 radical (unpaired) electrons. The zero-order valence-electron chi connectivity index (χ0n) is 38.0. The SMILES string of the molecule is CCCCCCCCCCCCOC(=O)CCNC(Cc1ccccc1)C(=O)O.CCCCCCCCCCCCOC(=O)CCNCC(C)=O.OOOOOOOOOOOOF. The van der Waals surface area contributed by atoms with Gasteiger partial charge in [0.25, 0.3) is 0 Å². The number of nitrogens with one attached hydrogen (secondary N) is 2. The van der Waals surface area contributed by atoms with Gasteiger partial charge in [-0.1, -0.05) is 160 Å². The molecule has 0 aromatic heterocycles. The van der Waals surface area contributed by atoms with Crippen molar-refractivity contribution in [2.45, 2.75) is 174 Å². The van der Waals surface area contributed by atoms with Gasteiger partial charge in [0.05, 0.1) is 32.6 Å². The molecule has 0 aliphatic rings. The molecule has 0 aliphatic heterocycles. The van der Waals surface area contributed by atoms with Crippen molar-refractivity contribution in [1.82, 2.24) is 10.6 Å². The predicted octanol–water partition coefficient (Wildman–Crippen LogP) is 8.82. The van der Waals surface area contributed by atoms with E-state index in [1.54, 1.807) is 0 Å². The Balaban J connectivity index is 0. The molecule has 1 aromatic carbocycles. The van der Waals surface area contributed by atoms with E-state index in [0.29, 0.717) is 45.7 Å². The molecule has 21 nitrogen and oxygen atoms in total. The normalized spacial score (nSPS) is 11.2. The number of carbonyl (C=O) groups excluding carboxylic acids is 3. The second-order valence-electron chi connectivity index (χ2n) is 14.5. The minimum atomic E-state index is -0.910. The molecule has 0 fully saturated rings. The molecule has 0 saturated carbocycles. The van der Waals surface area contributed by atoms with Crippen molar-refractivity contribution >= 4 is 23.7 Å². The van der Waals surface area contributed by atoms with Crippen LogP contribution in [0.5, 0.6) is 0 Å². The largest absolute Gasteiger partial charge is 0.480 e. The van der Waals surface area contributed by atoms with E-state index in [0.717, 1.165) is 31.2 Å². The molecule has 374 valence electrons. The minimum Gasteiger partial charge on any atom is -0.480 e. The summed E-state index contributed by atoms with van der Waals surface area (Å²) in [7, 11) is 0. The molecule has 0 saturated heterocycles. The van der Waals surface area contributed by atoms with Gasteiger partial charge in [0.15, 0.2) is 0 Å². The van der Waals surface area contributed by atoms with Crippen molar-refractivity contribution < 1.29 is 99.0 Å². The van der Waals surface area contributed by atoms with Crippen LogP contribution in [-0.2, 0) is 90.5 Å². The maximum atomic E-state index is 11.8. The molecule has 0 amide bonds. The van der Waals surface area contributed by atoms with E-state index >= 15 is 0 Å². The molecule has 0 spiro atoms. The molecular formula is C42H75FN2O19. The lowest BCUT2D eigenvalue weighted by Gasteiger charge is -2.14.